The molecule has 0 aliphatic carbocycles. The van der Waals surface area contributed by atoms with Gasteiger partial charge in [-0.25, -0.2) is 8.98 Å². The number of nitrogens with zero attached hydrogens (tertiary/aromatic N) is 2. The van der Waals surface area contributed by atoms with Gasteiger partial charge in [-0.3, -0.25) is 14.1 Å². The molecule has 0 aromatic heterocycles. The van der Waals surface area contributed by atoms with Crippen molar-refractivity contribution in [1.82, 2.24) is 15.1 Å². The van der Waals surface area contributed by atoms with Gasteiger partial charge in [-0.2, -0.15) is 8.42 Å². The molecule has 3 aliphatic heterocycles. The molecular weight excluding hydrogens is 438 g/mol. The number of carbonyl (C=O) groups excluding carboxylic acids is 2. The second kappa shape index (κ2) is 8.11. The molecule has 2 fully saturated rings. The molecule has 3 rings (SSSR count). The van der Waals surface area contributed by atoms with Gasteiger partial charge in [0.15, 0.2) is 0 Å². The Balaban J connectivity index is 1.78. The molecule has 2 saturated heterocycles. The van der Waals surface area contributed by atoms with Crippen molar-refractivity contribution in [3.8, 4) is 0 Å². The van der Waals surface area contributed by atoms with Crippen LogP contribution in [-0.4, -0.2) is 89.7 Å². The van der Waals surface area contributed by atoms with E-state index in [2.05, 4.69) is 9.50 Å². The molecule has 0 saturated carbocycles. The van der Waals surface area contributed by atoms with Crippen LogP contribution >= 0.6 is 11.8 Å². The number of aliphatic carboxylic acids is 1. The molecule has 13 heteroatoms. The molecule has 0 radical (unpaired) electrons. The van der Waals surface area contributed by atoms with E-state index in [0.29, 0.717) is 17.9 Å². The van der Waals surface area contributed by atoms with Crippen LogP contribution in [-0.2, 0) is 29.0 Å². The third kappa shape index (κ3) is 4.08. The number of carboxylic acids is 1. The van der Waals surface area contributed by atoms with Crippen molar-refractivity contribution in [1.29, 1.82) is 0 Å². The average molecular weight is 464 g/mol. The summed E-state index contributed by atoms with van der Waals surface area (Å²) in [6.45, 7) is 3.65. The SMILES string of the molecule is C[C@@H](OS(=O)(=O)O)[C@H]1C(=O)N2C(C(=O)O)=C(S[C@@H]3CN[C@H](C(=O)N(C)C)C3)[C@H](C)[C@H]12. The standard InChI is InChI=1S/C17H25N3O8S2/c1-7-12-11(8(2)28-30(25,26)27)16(22)20(12)13(17(23)24)14(7)29-9-5-10(18-6-9)15(21)19(3)4/h7-12,18H,5-6H2,1-4H3,(H,23,24)(H,25,26,27)/t7-,8-,9+,10+,11-,12-/m1/s1. The van der Waals surface area contributed by atoms with Gasteiger partial charge in [0.05, 0.1) is 24.1 Å². The number of carboxylic acid groups (broad SMARTS) is 1. The summed E-state index contributed by atoms with van der Waals surface area (Å²) in [7, 11) is -1.41. The average Bonchev–Trinajstić information content (AvgIpc) is 3.15. The van der Waals surface area contributed by atoms with Crippen molar-refractivity contribution in [2.75, 3.05) is 20.6 Å². The minimum Gasteiger partial charge on any atom is -0.477 e. The Kier molecular flexibility index (Phi) is 6.22. The van der Waals surface area contributed by atoms with Crippen LogP contribution < -0.4 is 5.32 Å². The number of nitrogens with one attached hydrogen (secondary N) is 1. The van der Waals surface area contributed by atoms with Crippen molar-refractivity contribution in [2.45, 2.75) is 43.7 Å². The smallest absolute Gasteiger partial charge is 0.397 e. The van der Waals surface area contributed by atoms with Gasteiger partial charge in [-0.1, -0.05) is 6.92 Å². The van der Waals surface area contributed by atoms with Crippen LogP contribution in [0.15, 0.2) is 10.6 Å². The molecule has 11 nitrogen and oxygen atoms in total. The Morgan fingerprint density at radius 1 is 1.37 bits per heavy atom. The van der Waals surface area contributed by atoms with Gasteiger partial charge >= 0.3 is 16.4 Å². The van der Waals surface area contributed by atoms with Gasteiger partial charge in [0.2, 0.25) is 11.8 Å². The Labute approximate surface area is 178 Å². The fraction of sp³-hybridized carbons (Fsp3) is 0.706. The number of fused-ring (bicyclic) bond motifs is 1. The second-order valence-corrected chi connectivity index (χ2v) is 10.3. The minimum atomic E-state index is -4.75. The lowest BCUT2D eigenvalue weighted by Gasteiger charge is -2.46. The third-order valence-electron chi connectivity index (χ3n) is 5.69. The second-order valence-electron chi connectivity index (χ2n) is 7.93. The quantitative estimate of drug-likeness (QED) is 0.333. The summed E-state index contributed by atoms with van der Waals surface area (Å²) >= 11 is 1.33. The molecule has 0 aromatic rings. The van der Waals surface area contributed by atoms with Crippen LogP contribution in [0, 0.1) is 11.8 Å². The fourth-order valence-electron chi connectivity index (χ4n) is 4.39. The molecule has 0 aromatic carbocycles. The van der Waals surface area contributed by atoms with Gasteiger partial charge in [0.1, 0.15) is 5.70 Å². The van der Waals surface area contributed by atoms with E-state index in [1.54, 1.807) is 21.0 Å². The van der Waals surface area contributed by atoms with Crippen molar-refractivity contribution < 1.29 is 36.6 Å². The topological polar surface area (TPSA) is 154 Å². The van der Waals surface area contributed by atoms with E-state index < -0.39 is 40.3 Å². The molecule has 3 N–H and O–H groups in total. The predicted molar refractivity (Wildman–Crippen MR) is 107 cm³/mol. The highest BCUT2D eigenvalue weighted by molar-refractivity contribution is 8.03. The van der Waals surface area contributed by atoms with E-state index in [1.807, 2.05) is 0 Å². The molecule has 168 valence electrons. The fourth-order valence-corrected chi connectivity index (χ4v) is 6.37. The Morgan fingerprint density at radius 3 is 2.53 bits per heavy atom. The van der Waals surface area contributed by atoms with E-state index in [4.69, 9.17) is 4.55 Å². The number of rotatable bonds is 7. The number of β-lactam (4-membered cyclic amide) rings is 1. The van der Waals surface area contributed by atoms with Crippen LogP contribution in [0.1, 0.15) is 20.3 Å². The normalized spacial score (nSPS) is 32.1. The lowest BCUT2D eigenvalue weighted by molar-refractivity contribution is -0.162. The summed E-state index contributed by atoms with van der Waals surface area (Å²) in [4.78, 5) is 39.9. The third-order valence-corrected chi connectivity index (χ3v) is 7.75. The van der Waals surface area contributed by atoms with E-state index in [1.165, 1.54) is 28.5 Å². The summed E-state index contributed by atoms with van der Waals surface area (Å²) in [5.74, 6) is -3.10. The van der Waals surface area contributed by atoms with Gasteiger partial charge in [-0.05, 0) is 13.3 Å². The van der Waals surface area contributed by atoms with Crippen molar-refractivity contribution >= 4 is 39.9 Å². The highest BCUT2D eigenvalue weighted by Gasteiger charge is 2.61. The number of carbonyl (C=O) groups is 3. The molecule has 0 unspecified atom stereocenters. The van der Waals surface area contributed by atoms with E-state index in [0.717, 1.165) is 0 Å². The maximum absolute atomic E-state index is 12.6. The molecule has 0 bridgehead atoms. The first kappa shape index (κ1) is 23.0. The zero-order valence-corrected chi connectivity index (χ0v) is 18.6. The largest absolute Gasteiger partial charge is 0.477 e. The lowest BCUT2D eigenvalue weighted by Crippen LogP contribution is -2.64. The maximum atomic E-state index is 12.6. The van der Waals surface area contributed by atoms with Crippen LogP contribution in [0.4, 0.5) is 0 Å². The molecule has 6 atom stereocenters. The Hall–Kier alpha value is -1.67. The molecule has 2 amide bonds. The van der Waals surface area contributed by atoms with Crippen molar-refractivity contribution in [3.63, 3.8) is 0 Å². The number of amides is 2. The van der Waals surface area contributed by atoms with Gasteiger partial charge in [-0.15, -0.1) is 11.8 Å². The zero-order valence-electron chi connectivity index (χ0n) is 16.9. The van der Waals surface area contributed by atoms with Gasteiger partial charge in [0, 0.05) is 36.7 Å². The highest BCUT2D eigenvalue weighted by atomic mass is 32.3. The van der Waals surface area contributed by atoms with Crippen molar-refractivity contribution in [2.24, 2.45) is 11.8 Å². The molecule has 0 spiro atoms. The van der Waals surface area contributed by atoms with E-state index in [-0.39, 0.29) is 28.8 Å². The summed E-state index contributed by atoms with van der Waals surface area (Å²) in [6.07, 6.45) is -0.611. The summed E-state index contributed by atoms with van der Waals surface area (Å²) in [6, 6.07) is -0.922. The van der Waals surface area contributed by atoms with E-state index >= 15 is 0 Å². The predicted octanol–water partition coefficient (Wildman–Crippen LogP) is -0.481. The Bertz CT molecular complexity index is 903. The molecule has 3 aliphatic rings. The first-order valence-corrected chi connectivity index (χ1v) is 11.7. The number of likely N-dealkylation sites (N-methyl/N-ethyl adjacent to an activating group) is 1. The van der Waals surface area contributed by atoms with Crippen LogP contribution in [0.5, 0.6) is 0 Å². The van der Waals surface area contributed by atoms with E-state index in [9.17, 15) is 27.9 Å². The Morgan fingerprint density at radius 2 is 2.00 bits per heavy atom. The summed E-state index contributed by atoms with van der Waals surface area (Å²) in [5.41, 5.74) is -0.111. The van der Waals surface area contributed by atoms with Crippen LogP contribution in [0.3, 0.4) is 0 Å². The number of thioether (sulfide) groups is 1. The molecule has 30 heavy (non-hydrogen) atoms. The van der Waals surface area contributed by atoms with Crippen molar-refractivity contribution in [3.05, 3.63) is 10.6 Å². The lowest BCUT2D eigenvalue weighted by atomic mass is 9.79. The van der Waals surface area contributed by atoms with Gasteiger partial charge in [0.25, 0.3) is 0 Å². The minimum absolute atomic E-state index is 0.0514. The first-order valence-electron chi connectivity index (χ1n) is 9.41. The van der Waals surface area contributed by atoms with Gasteiger partial charge < -0.3 is 20.2 Å². The van der Waals surface area contributed by atoms with Crippen LogP contribution in [0.25, 0.3) is 0 Å². The number of hydrogen-bond acceptors (Lipinski definition) is 8. The number of hydrogen-bond donors (Lipinski definition) is 3. The molecular formula is C17H25N3O8S2. The molecule has 3 heterocycles. The first-order chi connectivity index (χ1) is 13.8. The maximum Gasteiger partial charge on any atom is 0.397 e. The summed E-state index contributed by atoms with van der Waals surface area (Å²) < 4.78 is 35.5. The van der Waals surface area contributed by atoms with Crippen LogP contribution in [0.2, 0.25) is 0 Å². The zero-order chi connectivity index (χ0) is 22.5. The monoisotopic (exact) mass is 463 g/mol. The highest BCUT2D eigenvalue weighted by Crippen LogP contribution is 2.52. The summed E-state index contributed by atoms with van der Waals surface area (Å²) in [5, 5.41) is 12.8.